The molecule has 4 rings (SSSR count). The zero-order valence-electron chi connectivity index (χ0n) is 13.8. The van der Waals surface area contributed by atoms with Crippen molar-refractivity contribution in [2.24, 2.45) is 0 Å². The predicted octanol–water partition coefficient (Wildman–Crippen LogP) is 4.90. The Balaban J connectivity index is 1.78. The largest absolute Gasteiger partial charge is 0.497 e. The first-order valence-electron chi connectivity index (χ1n) is 8.08. The molecule has 4 heteroatoms. The molecular formula is C20H19NO3. The Labute approximate surface area is 141 Å². The monoisotopic (exact) mass is 321 g/mol. The molecule has 0 spiro atoms. The molecule has 0 radical (unpaired) electrons. The van der Waals surface area contributed by atoms with Crippen molar-refractivity contribution in [3.8, 4) is 34.1 Å². The minimum Gasteiger partial charge on any atom is -0.497 e. The van der Waals surface area contributed by atoms with Crippen LogP contribution in [0.3, 0.4) is 0 Å². The van der Waals surface area contributed by atoms with Gasteiger partial charge in [0.05, 0.1) is 14.2 Å². The minimum absolute atomic E-state index is 0.467. The summed E-state index contributed by atoms with van der Waals surface area (Å²) in [6.07, 6.45) is 2.31. The maximum Gasteiger partial charge on any atom is 0.198 e. The van der Waals surface area contributed by atoms with Crippen LogP contribution >= 0.6 is 0 Å². The molecule has 0 aliphatic heterocycles. The summed E-state index contributed by atoms with van der Waals surface area (Å²) < 4.78 is 16.6. The van der Waals surface area contributed by atoms with E-state index in [-0.39, 0.29) is 0 Å². The van der Waals surface area contributed by atoms with E-state index in [1.54, 1.807) is 14.2 Å². The first kappa shape index (κ1) is 14.8. The van der Waals surface area contributed by atoms with Crippen LogP contribution in [0.4, 0.5) is 0 Å². The molecule has 24 heavy (non-hydrogen) atoms. The fourth-order valence-corrected chi connectivity index (χ4v) is 2.72. The quantitative estimate of drug-likeness (QED) is 0.670. The number of rotatable bonds is 5. The molecule has 1 heterocycles. The van der Waals surface area contributed by atoms with Crippen molar-refractivity contribution in [3.05, 3.63) is 54.4 Å². The third kappa shape index (κ3) is 2.75. The van der Waals surface area contributed by atoms with E-state index in [1.807, 2.05) is 48.5 Å². The fraction of sp³-hybridized carbons (Fsp3) is 0.250. The fourth-order valence-electron chi connectivity index (χ4n) is 2.72. The smallest absolute Gasteiger partial charge is 0.198 e. The van der Waals surface area contributed by atoms with E-state index in [1.165, 1.54) is 0 Å². The number of hydrogen-bond acceptors (Lipinski definition) is 4. The van der Waals surface area contributed by atoms with Gasteiger partial charge in [-0.25, -0.2) is 4.98 Å². The van der Waals surface area contributed by atoms with E-state index in [4.69, 9.17) is 18.9 Å². The lowest BCUT2D eigenvalue weighted by Gasteiger charge is -2.04. The highest BCUT2D eigenvalue weighted by Gasteiger charge is 2.30. The lowest BCUT2D eigenvalue weighted by atomic mass is 10.1. The Morgan fingerprint density at radius 3 is 1.88 bits per heavy atom. The molecule has 0 unspecified atom stereocenters. The molecule has 0 atom stereocenters. The van der Waals surface area contributed by atoms with Gasteiger partial charge in [-0.2, -0.15) is 0 Å². The Morgan fingerprint density at radius 2 is 1.38 bits per heavy atom. The van der Waals surface area contributed by atoms with Crippen LogP contribution in [0.25, 0.3) is 22.6 Å². The summed E-state index contributed by atoms with van der Waals surface area (Å²) in [6.45, 7) is 0. The molecule has 0 bridgehead atoms. The Kier molecular flexibility index (Phi) is 3.73. The maximum absolute atomic E-state index is 6.13. The number of ether oxygens (including phenoxy) is 2. The molecule has 1 aliphatic rings. The minimum atomic E-state index is 0.467. The van der Waals surface area contributed by atoms with Gasteiger partial charge in [-0.05, 0) is 61.4 Å². The predicted molar refractivity (Wildman–Crippen MR) is 92.5 cm³/mol. The lowest BCUT2D eigenvalue weighted by molar-refractivity contribution is 0.414. The van der Waals surface area contributed by atoms with E-state index in [9.17, 15) is 0 Å². The molecule has 122 valence electrons. The number of benzene rings is 2. The SMILES string of the molecule is COc1ccc(-c2nc(C3CC3)oc2-c2ccc(OC)cc2)cc1. The summed E-state index contributed by atoms with van der Waals surface area (Å²) in [5.41, 5.74) is 2.91. The van der Waals surface area contributed by atoms with Crippen LogP contribution in [0.15, 0.2) is 52.9 Å². The van der Waals surface area contributed by atoms with Gasteiger partial charge in [0.25, 0.3) is 0 Å². The molecule has 1 saturated carbocycles. The van der Waals surface area contributed by atoms with Crippen LogP contribution in [-0.4, -0.2) is 19.2 Å². The lowest BCUT2D eigenvalue weighted by Crippen LogP contribution is -1.86. The first-order valence-corrected chi connectivity index (χ1v) is 8.08. The van der Waals surface area contributed by atoms with Crippen LogP contribution < -0.4 is 9.47 Å². The Morgan fingerprint density at radius 1 is 0.833 bits per heavy atom. The molecule has 2 aromatic carbocycles. The molecule has 3 aromatic rings. The van der Waals surface area contributed by atoms with Crippen molar-refractivity contribution >= 4 is 0 Å². The van der Waals surface area contributed by atoms with Crippen molar-refractivity contribution in [2.75, 3.05) is 14.2 Å². The molecule has 0 amide bonds. The van der Waals surface area contributed by atoms with Gasteiger partial charge in [0.2, 0.25) is 0 Å². The van der Waals surface area contributed by atoms with Gasteiger partial charge in [0.1, 0.15) is 17.2 Å². The van der Waals surface area contributed by atoms with Crippen LogP contribution in [-0.2, 0) is 0 Å². The second-order valence-corrected chi connectivity index (χ2v) is 5.96. The number of methoxy groups -OCH3 is 2. The summed E-state index contributed by atoms with van der Waals surface area (Å²) in [5.74, 6) is 3.77. The van der Waals surface area contributed by atoms with E-state index >= 15 is 0 Å². The number of oxazole rings is 1. The average Bonchev–Trinajstić information content (AvgIpc) is 3.41. The van der Waals surface area contributed by atoms with E-state index in [0.717, 1.165) is 52.8 Å². The highest BCUT2D eigenvalue weighted by atomic mass is 16.5. The molecule has 1 aromatic heterocycles. The van der Waals surface area contributed by atoms with Crippen molar-refractivity contribution < 1.29 is 13.9 Å². The molecule has 0 N–H and O–H groups in total. The highest BCUT2D eigenvalue weighted by molar-refractivity contribution is 5.77. The number of nitrogens with zero attached hydrogens (tertiary/aromatic N) is 1. The van der Waals surface area contributed by atoms with Gasteiger partial charge in [0, 0.05) is 17.0 Å². The van der Waals surface area contributed by atoms with Crippen molar-refractivity contribution in [2.45, 2.75) is 18.8 Å². The maximum atomic E-state index is 6.13. The Bertz CT molecular complexity index is 765. The van der Waals surface area contributed by atoms with Gasteiger partial charge >= 0.3 is 0 Å². The number of hydrogen-bond donors (Lipinski definition) is 0. The third-order valence-corrected chi connectivity index (χ3v) is 4.29. The second kappa shape index (κ2) is 6.04. The summed E-state index contributed by atoms with van der Waals surface area (Å²) in [7, 11) is 3.33. The molecule has 0 saturated heterocycles. The second-order valence-electron chi connectivity index (χ2n) is 5.96. The topological polar surface area (TPSA) is 44.5 Å². The van der Waals surface area contributed by atoms with Gasteiger partial charge in [-0.15, -0.1) is 0 Å². The first-order chi connectivity index (χ1) is 11.8. The van der Waals surface area contributed by atoms with Gasteiger partial charge in [-0.3, -0.25) is 0 Å². The van der Waals surface area contributed by atoms with Crippen LogP contribution in [0, 0.1) is 0 Å². The van der Waals surface area contributed by atoms with Crippen molar-refractivity contribution in [1.82, 2.24) is 4.98 Å². The summed E-state index contributed by atoms with van der Waals surface area (Å²) in [6, 6.07) is 15.8. The van der Waals surface area contributed by atoms with Crippen LogP contribution in [0.5, 0.6) is 11.5 Å². The molecule has 1 fully saturated rings. The Hall–Kier alpha value is -2.75. The summed E-state index contributed by atoms with van der Waals surface area (Å²) >= 11 is 0. The van der Waals surface area contributed by atoms with Crippen LogP contribution in [0.2, 0.25) is 0 Å². The summed E-state index contributed by atoms with van der Waals surface area (Å²) in [5, 5.41) is 0. The zero-order chi connectivity index (χ0) is 16.5. The molecule has 4 nitrogen and oxygen atoms in total. The average molecular weight is 321 g/mol. The third-order valence-electron chi connectivity index (χ3n) is 4.29. The summed E-state index contributed by atoms with van der Waals surface area (Å²) in [4.78, 5) is 4.78. The number of aromatic nitrogens is 1. The van der Waals surface area contributed by atoms with E-state index in [2.05, 4.69) is 0 Å². The van der Waals surface area contributed by atoms with Gasteiger partial charge in [-0.1, -0.05) is 0 Å². The van der Waals surface area contributed by atoms with Crippen LogP contribution in [0.1, 0.15) is 24.7 Å². The van der Waals surface area contributed by atoms with E-state index < -0.39 is 0 Å². The highest BCUT2D eigenvalue weighted by Crippen LogP contribution is 2.44. The van der Waals surface area contributed by atoms with Crippen molar-refractivity contribution in [1.29, 1.82) is 0 Å². The standard InChI is InChI=1S/C20H19NO3/c1-22-16-9-5-13(6-10-16)18-19(24-20(21-18)15-3-4-15)14-7-11-17(23-2)12-8-14/h5-12,15H,3-4H2,1-2H3. The van der Waals surface area contributed by atoms with Gasteiger partial charge < -0.3 is 13.9 Å². The van der Waals surface area contributed by atoms with Gasteiger partial charge in [0.15, 0.2) is 11.7 Å². The molecular weight excluding hydrogens is 302 g/mol. The molecule has 1 aliphatic carbocycles. The van der Waals surface area contributed by atoms with Crippen molar-refractivity contribution in [3.63, 3.8) is 0 Å². The zero-order valence-corrected chi connectivity index (χ0v) is 13.8. The van der Waals surface area contributed by atoms with E-state index in [0.29, 0.717) is 5.92 Å². The normalized spacial score (nSPS) is 13.8.